The van der Waals surface area contributed by atoms with E-state index in [1.807, 2.05) is 25.2 Å². The molecule has 102 valence electrons. The van der Waals surface area contributed by atoms with Crippen molar-refractivity contribution >= 4 is 0 Å². The minimum absolute atomic E-state index is 0.280. The Kier molecular flexibility index (Phi) is 6.58. The van der Waals surface area contributed by atoms with E-state index in [9.17, 15) is 0 Å². The fourth-order valence-corrected chi connectivity index (χ4v) is 2.25. The van der Waals surface area contributed by atoms with E-state index in [1.165, 1.54) is 19.3 Å². The van der Waals surface area contributed by atoms with Gasteiger partial charge in [-0.05, 0) is 25.6 Å². The van der Waals surface area contributed by atoms with Crippen molar-refractivity contribution in [1.82, 2.24) is 5.32 Å². The highest BCUT2D eigenvalue weighted by Crippen LogP contribution is 2.36. The van der Waals surface area contributed by atoms with Gasteiger partial charge in [-0.3, -0.25) is 0 Å². The fraction of sp³-hybridized carbons (Fsp3) is 0.600. The number of ether oxygens (including phenoxy) is 2. The SMILES string of the molecule is CCCCCC(NC)c1c(OC)cccc1OC. The molecule has 1 rings (SSSR count). The van der Waals surface area contributed by atoms with Crippen molar-refractivity contribution in [3.63, 3.8) is 0 Å². The highest BCUT2D eigenvalue weighted by atomic mass is 16.5. The summed E-state index contributed by atoms with van der Waals surface area (Å²) in [5, 5.41) is 3.37. The number of unbranched alkanes of at least 4 members (excludes halogenated alkanes) is 2. The molecule has 3 heteroatoms. The Morgan fingerprint density at radius 2 is 1.72 bits per heavy atom. The van der Waals surface area contributed by atoms with Gasteiger partial charge in [0.05, 0.1) is 19.8 Å². The second kappa shape index (κ2) is 7.98. The molecule has 0 spiro atoms. The molecule has 1 N–H and O–H groups in total. The van der Waals surface area contributed by atoms with Crippen LogP contribution in [0.5, 0.6) is 11.5 Å². The van der Waals surface area contributed by atoms with Crippen molar-refractivity contribution in [2.45, 2.75) is 38.6 Å². The van der Waals surface area contributed by atoms with Gasteiger partial charge < -0.3 is 14.8 Å². The molecule has 18 heavy (non-hydrogen) atoms. The van der Waals surface area contributed by atoms with E-state index in [4.69, 9.17) is 9.47 Å². The standard InChI is InChI=1S/C15H25NO2/c1-5-6-7-9-12(16-2)15-13(17-3)10-8-11-14(15)18-4/h8,10-12,16H,5-7,9H2,1-4H3. The molecule has 0 aliphatic carbocycles. The molecule has 0 saturated heterocycles. The van der Waals surface area contributed by atoms with Gasteiger partial charge in [-0.2, -0.15) is 0 Å². The van der Waals surface area contributed by atoms with Gasteiger partial charge >= 0.3 is 0 Å². The first-order valence-corrected chi connectivity index (χ1v) is 6.66. The number of benzene rings is 1. The van der Waals surface area contributed by atoms with Crippen LogP contribution in [0.3, 0.4) is 0 Å². The van der Waals surface area contributed by atoms with Crippen molar-refractivity contribution in [2.75, 3.05) is 21.3 Å². The van der Waals surface area contributed by atoms with Gasteiger partial charge in [0, 0.05) is 6.04 Å². The molecule has 1 unspecified atom stereocenters. The normalized spacial score (nSPS) is 12.2. The average molecular weight is 251 g/mol. The highest BCUT2D eigenvalue weighted by molar-refractivity contribution is 5.46. The molecule has 0 fully saturated rings. The van der Waals surface area contributed by atoms with Crippen LogP contribution in [0.15, 0.2) is 18.2 Å². The predicted molar refractivity (Wildman–Crippen MR) is 75.5 cm³/mol. The Morgan fingerprint density at radius 3 is 2.17 bits per heavy atom. The summed E-state index contributed by atoms with van der Waals surface area (Å²) in [4.78, 5) is 0. The maximum atomic E-state index is 5.46. The van der Waals surface area contributed by atoms with Crippen LogP contribution >= 0.6 is 0 Å². The number of methoxy groups -OCH3 is 2. The van der Waals surface area contributed by atoms with Gasteiger partial charge in [0.2, 0.25) is 0 Å². The van der Waals surface area contributed by atoms with Crippen molar-refractivity contribution in [3.8, 4) is 11.5 Å². The smallest absolute Gasteiger partial charge is 0.127 e. The second-order valence-electron chi connectivity index (χ2n) is 4.41. The molecule has 3 nitrogen and oxygen atoms in total. The first-order chi connectivity index (χ1) is 8.78. The average Bonchev–Trinajstić information content (AvgIpc) is 2.43. The van der Waals surface area contributed by atoms with Crippen LogP contribution in [-0.2, 0) is 0 Å². The Morgan fingerprint density at radius 1 is 1.11 bits per heavy atom. The van der Waals surface area contributed by atoms with Crippen LogP contribution in [0.2, 0.25) is 0 Å². The van der Waals surface area contributed by atoms with Gasteiger partial charge in [0.1, 0.15) is 11.5 Å². The largest absolute Gasteiger partial charge is 0.496 e. The fourth-order valence-electron chi connectivity index (χ4n) is 2.25. The van der Waals surface area contributed by atoms with E-state index < -0.39 is 0 Å². The molecule has 0 amide bonds. The van der Waals surface area contributed by atoms with Crippen molar-refractivity contribution < 1.29 is 9.47 Å². The lowest BCUT2D eigenvalue weighted by atomic mass is 9.98. The number of nitrogens with one attached hydrogen (secondary N) is 1. The van der Waals surface area contributed by atoms with Gasteiger partial charge in [0.25, 0.3) is 0 Å². The topological polar surface area (TPSA) is 30.5 Å². The van der Waals surface area contributed by atoms with E-state index in [-0.39, 0.29) is 6.04 Å². The van der Waals surface area contributed by atoms with Crippen LogP contribution in [0.25, 0.3) is 0 Å². The van der Waals surface area contributed by atoms with Crippen molar-refractivity contribution in [1.29, 1.82) is 0 Å². The molecule has 1 aromatic rings. The van der Waals surface area contributed by atoms with Crippen LogP contribution < -0.4 is 14.8 Å². The molecule has 0 bridgehead atoms. The van der Waals surface area contributed by atoms with Gasteiger partial charge in [-0.1, -0.05) is 32.3 Å². The lowest BCUT2D eigenvalue weighted by Gasteiger charge is -2.21. The summed E-state index contributed by atoms with van der Waals surface area (Å²) in [6.07, 6.45) is 4.80. The van der Waals surface area contributed by atoms with Gasteiger partial charge in [-0.15, -0.1) is 0 Å². The summed E-state index contributed by atoms with van der Waals surface area (Å²) in [6.45, 7) is 2.22. The molecular weight excluding hydrogens is 226 g/mol. The summed E-state index contributed by atoms with van der Waals surface area (Å²) < 4.78 is 10.9. The minimum Gasteiger partial charge on any atom is -0.496 e. The van der Waals surface area contributed by atoms with E-state index in [1.54, 1.807) is 14.2 Å². The lowest BCUT2D eigenvalue weighted by molar-refractivity contribution is 0.368. The quantitative estimate of drug-likeness (QED) is 0.717. The third-order valence-electron chi connectivity index (χ3n) is 3.26. The Labute approximate surface area is 110 Å². The minimum atomic E-state index is 0.280. The third kappa shape index (κ3) is 3.64. The van der Waals surface area contributed by atoms with Gasteiger partial charge in [-0.25, -0.2) is 0 Å². The molecule has 0 radical (unpaired) electrons. The van der Waals surface area contributed by atoms with Gasteiger partial charge in [0.15, 0.2) is 0 Å². The van der Waals surface area contributed by atoms with Crippen molar-refractivity contribution in [2.24, 2.45) is 0 Å². The summed E-state index contributed by atoms with van der Waals surface area (Å²) in [7, 11) is 5.40. The zero-order valence-electron chi connectivity index (χ0n) is 12.0. The molecule has 1 aromatic carbocycles. The Bertz CT molecular complexity index is 330. The Hall–Kier alpha value is -1.22. The third-order valence-corrected chi connectivity index (χ3v) is 3.26. The first kappa shape index (κ1) is 14.8. The van der Waals surface area contributed by atoms with Crippen LogP contribution in [-0.4, -0.2) is 21.3 Å². The molecule has 1 atom stereocenters. The van der Waals surface area contributed by atoms with Crippen LogP contribution in [0.4, 0.5) is 0 Å². The zero-order valence-corrected chi connectivity index (χ0v) is 12.0. The molecule has 0 saturated carbocycles. The first-order valence-electron chi connectivity index (χ1n) is 6.66. The summed E-state index contributed by atoms with van der Waals surface area (Å²) in [5.41, 5.74) is 1.13. The summed E-state index contributed by atoms with van der Waals surface area (Å²) in [6, 6.07) is 6.21. The van der Waals surface area contributed by atoms with Crippen LogP contribution in [0.1, 0.15) is 44.2 Å². The summed E-state index contributed by atoms with van der Waals surface area (Å²) in [5.74, 6) is 1.79. The zero-order chi connectivity index (χ0) is 13.4. The number of rotatable bonds is 8. The molecule has 0 heterocycles. The van der Waals surface area contributed by atoms with Crippen LogP contribution in [0, 0.1) is 0 Å². The Balaban J connectivity index is 2.94. The number of hydrogen-bond acceptors (Lipinski definition) is 3. The van der Waals surface area contributed by atoms with E-state index in [0.29, 0.717) is 0 Å². The summed E-state index contributed by atoms with van der Waals surface area (Å²) >= 11 is 0. The number of hydrogen-bond donors (Lipinski definition) is 1. The maximum absolute atomic E-state index is 5.46. The van der Waals surface area contributed by atoms with E-state index >= 15 is 0 Å². The predicted octanol–water partition coefficient (Wildman–Crippen LogP) is 3.54. The molecule has 0 aliphatic rings. The lowest BCUT2D eigenvalue weighted by Crippen LogP contribution is -2.18. The maximum Gasteiger partial charge on any atom is 0.127 e. The molecule has 0 aromatic heterocycles. The molecule has 0 aliphatic heterocycles. The van der Waals surface area contributed by atoms with E-state index in [0.717, 1.165) is 23.5 Å². The van der Waals surface area contributed by atoms with Crippen molar-refractivity contribution in [3.05, 3.63) is 23.8 Å². The van der Waals surface area contributed by atoms with E-state index in [2.05, 4.69) is 12.2 Å². The molecular formula is C15H25NO2. The second-order valence-corrected chi connectivity index (χ2v) is 4.41. The highest BCUT2D eigenvalue weighted by Gasteiger charge is 2.18. The monoisotopic (exact) mass is 251 g/mol.